The van der Waals surface area contributed by atoms with Gasteiger partial charge in [0.1, 0.15) is 11.6 Å². The van der Waals surface area contributed by atoms with Crippen molar-refractivity contribution in [3.63, 3.8) is 0 Å². The molecule has 0 aromatic heterocycles. The summed E-state index contributed by atoms with van der Waals surface area (Å²) in [6.07, 6.45) is 3.68. The number of hydrogen-bond acceptors (Lipinski definition) is 2. The first-order chi connectivity index (χ1) is 13.0. The Hall–Kier alpha value is -1.78. The van der Waals surface area contributed by atoms with Crippen LogP contribution in [0, 0.1) is 17.6 Å². The number of hydrogen-bond donors (Lipinski definition) is 0. The molecule has 0 bridgehead atoms. The van der Waals surface area contributed by atoms with Gasteiger partial charge in [0.05, 0.1) is 11.6 Å². The van der Waals surface area contributed by atoms with Crippen molar-refractivity contribution in [3.05, 3.63) is 83.0 Å². The van der Waals surface area contributed by atoms with Gasteiger partial charge in [0.2, 0.25) is 0 Å². The van der Waals surface area contributed by atoms with E-state index < -0.39 is 5.82 Å². The largest absolute Gasteiger partial charge is 0.341 e. The van der Waals surface area contributed by atoms with E-state index in [0.29, 0.717) is 18.0 Å². The lowest BCUT2D eigenvalue weighted by Gasteiger charge is -2.34. The van der Waals surface area contributed by atoms with Gasteiger partial charge in [-0.25, -0.2) is 8.78 Å². The van der Waals surface area contributed by atoms with Crippen LogP contribution in [0.3, 0.4) is 0 Å². The molecule has 1 nitrogen and oxygen atoms in total. The second kappa shape index (κ2) is 8.94. The smallest absolute Gasteiger partial charge is 0.141 e. The van der Waals surface area contributed by atoms with Gasteiger partial charge in [-0.15, -0.1) is 0 Å². The van der Waals surface area contributed by atoms with Crippen molar-refractivity contribution >= 4 is 35.1 Å². The highest BCUT2D eigenvalue weighted by atomic mass is 35.5. The van der Waals surface area contributed by atoms with Crippen LogP contribution in [-0.4, -0.2) is 11.5 Å². The zero-order valence-electron chi connectivity index (χ0n) is 15.1. The summed E-state index contributed by atoms with van der Waals surface area (Å²) >= 11 is 7.94. The number of anilines is 1. The van der Waals surface area contributed by atoms with Gasteiger partial charge in [-0.3, -0.25) is 0 Å². The lowest BCUT2D eigenvalue weighted by atomic mass is 9.97. The van der Waals surface area contributed by atoms with Gasteiger partial charge in [0.25, 0.3) is 0 Å². The molecule has 2 aromatic rings. The van der Waals surface area contributed by atoms with Crippen LogP contribution in [-0.2, 0) is 6.54 Å². The molecule has 142 valence electrons. The van der Waals surface area contributed by atoms with E-state index in [1.165, 1.54) is 12.1 Å². The first kappa shape index (κ1) is 20.0. The maximum atomic E-state index is 14.6. The second-order valence-electron chi connectivity index (χ2n) is 6.62. The Morgan fingerprint density at radius 2 is 1.89 bits per heavy atom. The fourth-order valence-corrected chi connectivity index (χ4v) is 4.53. The average Bonchev–Trinajstić information content (AvgIpc) is 2.69. The number of benzene rings is 2. The monoisotopic (exact) mass is 405 g/mol. The third kappa shape index (κ3) is 4.74. The SMILES string of the molecule is C=Cc1ccc(CN(C(=C)C2CCSCC2)c2ccc(F)c(Cl)c2)c(F)c1. The highest BCUT2D eigenvalue weighted by Gasteiger charge is 2.23. The van der Waals surface area contributed by atoms with Crippen molar-refractivity contribution in [1.82, 2.24) is 0 Å². The summed E-state index contributed by atoms with van der Waals surface area (Å²) < 4.78 is 28.2. The van der Waals surface area contributed by atoms with Gasteiger partial charge in [-0.1, -0.05) is 43.0 Å². The summed E-state index contributed by atoms with van der Waals surface area (Å²) in [5.41, 5.74) is 2.92. The summed E-state index contributed by atoms with van der Waals surface area (Å²) in [4.78, 5) is 1.96. The normalized spacial score (nSPS) is 14.8. The van der Waals surface area contributed by atoms with Gasteiger partial charge >= 0.3 is 0 Å². The molecule has 3 rings (SSSR count). The second-order valence-corrected chi connectivity index (χ2v) is 8.25. The third-order valence-corrected chi connectivity index (χ3v) is 6.23. The van der Waals surface area contributed by atoms with Gasteiger partial charge in [0.15, 0.2) is 0 Å². The molecular weight excluding hydrogens is 384 g/mol. The summed E-state index contributed by atoms with van der Waals surface area (Å²) in [5.74, 6) is 1.73. The molecule has 0 spiro atoms. The molecular formula is C22H22ClF2NS. The molecule has 0 aliphatic carbocycles. The van der Waals surface area contributed by atoms with E-state index in [9.17, 15) is 8.78 Å². The van der Waals surface area contributed by atoms with E-state index >= 15 is 0 Å². The first-order valence-corrected chi connectivity index (χ1v) is 10.4. The topological polar surface area (TPSA) is 3.24 Å². The molecule has 1 aliphatic rings. The first-order valence-electron chi connectivity index (χ1n) is 8.89. The molecule has 5 heteroatoms. The Morgan fingerprint density at radius 3 is 2.52 bits per heavy atom. The fraction of sp³-hybridized carbons (Fsp3) is 0.273. The molecule has 0 radical (unpaired) electrons. The lowest BCUT2D eigenvalue weighted by molar-refractivity contribution is 0.542. The minimum atomic E-state index is -0.471. The van der Waals surface area contributed by atoms with Crippen LogP contribution in [0.25, 0.3) is 6.08 Å². The van der Waals surface area contributed by atoms with E-state index in [2.05, 4.69) is 13.2 Å². The molecule has 0 N–H and O–H groups in total. The maximum absolute atomic E-state index is 14.6. The Labute approximate surface area is 168 Å². The molecule has 1 heterocycles. The summed E-state index contributed by atoms with van der Waals surface area (Å²) in [5, 5.41) is 0.0481. The zero-order valence-corrected chi connectivity index (χ0v) is 16.6. The molecule has 1 saturated heterocycles. The number of halogens is 3. The molecule has 1 aliphatic heterocycles. The maximum Gasteiger partial charge on any atom is 0.141 e. The molecule has 0 saturated carbocycles. The van der Waals surface area contributed by atoms with Crippen molar-refractivity contribution in [1.29, 1.82) is 0 Å². The van der Waals surface area contributed by atoms with E-state index in [0.717, 1.165) is 41.3 Å². The van der Waals surface area contributed by atoms with E-state index in [4.69, 9.17) is 11.6 Å². The zero-order chi connectivity index (χ0) is 19.4. The molecule has 0 atom stereocenters. The standard InChI is InChI=1S/C22H22ClF2NS/c1-3-16-4-5-18(22(25)12-16)14-26(15(2)17-8-10-27-11-9-17)19-6-7-21(24)20(23)13-19/h3-7,12-13,17H,1-2,8-11,14H2. The average molecular weight is 406 g/mol. The van der Waals surface area contributed by atoms with Crippen LogP contribution in [0.15, 0.2) is 55.3 Å². The van der Waals surface area contributed by atoms with Crippen LogP contribution in [0.4, 0.5) is 14.5 Å². The Morgan fingerprint density at radius 1 is 1.15 bits per heavy atom. The predicted octanol–water partition coefficient (Wildman–Crippen LogP) is 6.92. The van der Waals surface area contributed by atoms with E-state index in [-0.39, 0.29) is 10.8 Å². The summed E-state index contributed by atoms with van der Waals surface area (Å²) in [6, 6.07) is 9.65. The lowest BCUT2D eigenvalue weighted by Crippen LogP contribution is -2.28. The molecule has 27 heavy (non-hydrogen) atoms. The number of rotatable bonds is 6. The van der Waals surface area contributed by atoms with Gasteiger partial charge < -0.3 is 4.90 Å². The van der Waals surface area contributed by atoms with Gasteiger partial charge in [0, 0.05) is 22.9 Å². The molecule has 0 amide bonds. The number of thioether (sulfide) groups is 1. The third-order valence-electron chi connectivity index (χ3n) is 4.90. The van der Waals surface area contributed by atoms with Crippen LogP contribution in [0.5, 0.6) is 0 Å². The fourth-order valence-electron chi connectivity index (χ4n) is 3.25. The van der Waals surface area contributed by atoms with Crippen molar-refractivity contribution in [3.8, 4) is 0 Å². The number of nitrogens with zero attached hydrogens (tertiary/aromatic N) is 1. The quantitative estimate of drug-likeness (QED) is 0.512. The van der Waals surface area contributed by atoms with Crippen molar-refractivity contribution in [2.75, 3.05) is 16.4 Å². The van der Waals surface area contributed by atoms with E-state index in [1.54, 1.807) is 24.3 Å². The summed E-state index contributed by atoms with van der Waals surface area (Å²) in [7, 11) is 0. The molecule has 1 fully saturated rings. The minimum absolute atomic E-state index is 0.0481. The van der Waals surface area contributed by atoms with Crippen molar-refractivity contribution < 1.29 is 8.78 Å². The van der Waals surface area contributed by atoms with Crippen LogP contribution in [0.2, 0.25) is 5.02 Å². The van der Waals surface area contributed by atoms with Crippen molar-refractivity contribution in [2.45, 2.75) is 19.4 Å². The van der Waals surface area contributed by atoms with Gasteiger partial charge in [-0.05, 0) is 54.2 Å². The van der Waals surface area contributed by atoms with E-state index in [1.807, 2.05) is 22.7 Å². The van der Waals surface area contributed by atoms with Crippen molar-refractivity contribution in [2.24, 2.45) is 5.92 Å². The molecule has 2 aromatic carbocycles. The Bertz CT molecular complexity index is 846. The minimum Gasteiger partial charge on any atom is -0.341 e. The molecule has 0 unspecified atom stereocenters. The number of allylic oxidation sites excluding steroid dienone is 1. The van der Waals surface area contributed by atoms with Crippen LogP contribution < -0.4 is 4.90 Å². The Kier molecular flexibility index (Phi) is 6.61. The highest BCUT2D eigenvalue weighted by molar-refractivity contribution is 7.99. The predicted molar refractivity (Wildman–Crippen MR) is 113 cm³/mol. The highest BCUT2D eigenvalue weighted by Crippen LogP contribution is 2.35. The summed E-state index contributed by atoms with van der Waals surface area (Å²) in [6.45, 7) is 8.30. The Balaban J connectivity index is 1.94. The van der Waals surface area contributed by atoms with Crippen LogP contribution >= 0.6 is 23.4 Å². The van der Waals surface area contributed by atoms with Crippen LogP contribution in [0.1, 0.15) is 24.0 Å². The van der Waals surface area contributed by atoms with Gasteiger partial charge in [-0.2, -0.15) is 11.8 Å².